The standard InChI is InChI=1S/C13H22N4O3S.C10H13NO9.Na/c1-14-13(9-17(18)19)15-6-7-21-10-12-5-4-11(20-12)8-16(2)3;11-3(9(16)17)1-5(14)19-8-6(15)10(18)20-7(8)4(13)2-12;/h4-5,9,14-15H,6-8,10H2,1-3H3;3-4,7,12-13,15H,1-2,11H2,(H,16,17);/q;;+1/p-1/t;3-,4-,7+;/m.0./s1. The first-order chi connectivity index (χ1) is 19.3. The van der Waals surface area contributed by atoms with E-state index in [1.807, 2.05) is 26.2 Å². The predicted molar refractivity (Wildman–Crippen MR) is 141 cm³/mol. The number of aliphatic hydroxyl groups excluding tert-OH is 3. The number of nitrogens with zero attached hydrogens (tertiary/aromatic N) is 2. The molecule has 7 N–H and O–H groups in total. The van der Waals surface area contributed by atoms with E-state index in [1.54, 1.807) is 18.8 Å². The number of carboxylic acid groups (broad SMARTS) is 1. The fraction of sp³-hybridized carbons (Fsp3) is 0.522. The van der Waals surface area contributed by atoms with Gasteiger partial charge in [-0.15, -0.1) is 0 Å². The molecule has 1 aromatic heterocycles. The summed E-state index contributed by atoms with van der Waals surface area (Å²) in [6.07, 6.45) is -3.06. The fourth-order valence-electron chi connectivity index (χ4n) is 2.97. The van der Waals surface area contributed by atoms with Crippen LogP contribution < -0.4 is 51.0 Å². The number of aliphatic carboxylic acids is 1. The summed E-state index contributed by atoms with van der Waals surface area (Å²) in [4.78, 5) is 44.7. The molecule has 0 radical (unpaired) electrons. The number of furan rings is 1. The molecule has 0 aromatic carbocycles. The Kier molecular flexibility index (Phi) is 18.8. The number of hydrogen-bond donors (Lipinski definition) is 6. The van der Waals surface area contributed by atoms with Crippen LogP contribution >= 0.6 is 11.8 Å². The van der Waals surface area contributed by atoms with Gasteiger partial charge in [0.2, 0.25) is 11.5 Å². The van der Waals surface area contributed by atoms with Crippen LogP contribution in [0.3, 0.4) is 0 Å². The summed E-state index contributed by atoms with van der Waals surface area (Å²) in [6.45, 7) is 0.616. The van der Waals surface area contributed by atoms with Crippen LogP contribution in [-0.2, 0) is 36.2 Å². The first kappa shape index (κ1) is 39.2. The first-order valence-corrected chi connectivity index (χ1v) is 13.1. The molecule has 0 fully saturated rings. The minimum absolute atomic E-state index is 0. The summed E-state index contributed by atoms with van der Waals surface area (Å²) in [7, 11) is 5.64. The number of nitro groups is 1. The molecule has 0 spiro atoms. The number of carboxylic acids is 1. The Hall–Kier alpha value is -2.84. The normalized spacial score (nSPS) is 16.0. The van der Waals surface area contributed by atoms with E-state index in [0.717, 1.165) is 35.8 Å². The van der Waals surface area contributed by atoms with Crippen molar-refractivity contribution in [1.29, 1.82) is 0 Å². The second-order valence-corrected chi connectivity index (χ2v) is 9.66. The van der Waals surface area contributed by atoms with Gasteiger partial charge in [0.05, 0.1) is 42.3 Å². The van der Waals surface area contributed by atoms with Crippen LogP contribution in [0.4, 0.5) is 0 Å². The molecule has 2 heterocycles. The average Bonchev–Trinajstić information content (AvgIpc) is 3.45. The monoisotopic (exact) mass is 627 g/mol. The molecule has 0 unspecified atom stereocenters. The second kappa shape index (κ2) is 20.1. The average molecular weight is 628 g/mol. The van der Waals surface area contributed by atoms with E-state index in [0.29, 0.717) is 12.4 Å². The van der Waals surface area contributed by atoms with Gasteiger partial charge in [-0.25, -0.2) is 4.79 Å². The summed E-state index contributed by atoms with van der Waals surface area (Å²) in [6, 6.07) is 2.35. The quantitative estimate of drug-likeness (QED) is 0.0328. The van der Waals surface area contributed by atoms with E-state index in [9.17, 15) is 39.8 Å². The molecule has 2 rings (SSSR count). The third-order valence-electron chi connectivity index (χ3n) is 4.87. The molecule has 19 heteroatoms. The van der Waals surface area contributed by atoms with E-state index >= 15 is 0 Å². The van der Waals surface area contributed by atoms with Crippen molar-refractivity contribution in [2.24, 2.45) is 5.73 Å². The molecule has 1 aromatic rings. The number of nitrogens with one attached hydrogen (secondary N) is 2. The maximum atomic E-state index is 11.4. The zero-order chi connectivity index (χ0) is 31.1. The SMILES string of the molecule is CNC(=C[N+](=O)[O-])NCCSCc1ccc(CN(C)C)o1.N[C@@H](CC(=O)OC1=C(O)C(=O)O[C@@H]1[C@@H](O)CO)C(=O)[O-].[Na+]. The van der Waals surface area contributed by atoms with E-state index in [4.69, 9.17) is 15.3 Å². The fourth-order valence-corrected chi connectivity index (χ4v) is 3.72. The van der Waals surface area contributed by atoms with Crippen molar-refractivity contribution < 1.29 is 83.2 Å². The van der Waals surface area contributed by atoms with E-state index in [-0.39, 0.29) is 29.6 Å². The first-order valence-electron chi connectivity index (χ1n) is 12.0. The maximum Gasteiger partial charge on any atom is 1.00 e. The van der Waals surface area contributed by atoms with Gasteiger partial charge >= 0.3 is 41.5 Å². The third-order valence-corrected chi connectivity index (χ3v) is 5.85. The van der Waals surface area contributed by atoms with Gasteiger partial charge in [-0.2, -0.15) is 11.8 Å². The van der Waals surface area contributed by atoms with Crippen LogP contribution in [0.5, 0.6) is 0 Å². The van der Waals surface area contributed by atoms with Crippen LogP contribution in [-0.4, -0.2) is 101 Å². The Morgan fingerprint density at radius 2 is 1.98 bits per heavy atom. The van der Waals surface area contributed by atoms with Gasteiger partial charge in [0.25, 0.3) is 6.20 Å². The van der Waals surface area contributed by atoms with Crippen molar-refractivity contribution in [1.82, 2.24) is 15.5 Å². The van der Waals surface area contributed by atoms with Crippen molar-refractivity contribution in [3.63, 3.8) is 0 Å². The van der Waals surface area contributed by atoms with Gasteiger partial charge in [-0.05, 0) is 26.2 Å². The number of esters is 2. The van der Waals surface area contributed by atoms with Crippen molar-refractivity contribution >= 4 is 29.7 Å². The number of carbonyl (C=O) groups is 3. The maximum absolute atomic E-state index is 11.4. The molecule has 0 saturated heterocycles. The number of hydrogen-bond acceptors (Lipinski definition) is 17. The Balaban J connectivity index is 0.000000783. The third kappa shape index (κ3) is 14.4. The number of ether oxygens (including phenoxy) is 2. The summed E-state index contributed by atoms with van der Waals surface area (Å²) < 4.78 is 14.7. The molecule has 230 valence electrons. The van der Waals surface area contributed by atoms with Gasteiger partial charge in [-0.1, -0.05) is 0 Å². The Bertz CT molecular complexity index is 1110. The Morgan fingerprint density at radius 3 is 2.52 bits per heavy atom. The molecule has 0 amide bonds. The van der Waals surface area contributed by atoms with Crippen LogP contribution in [0, 0.1) is 10.1 Å². The summed E-state index contributed by atoms with van der Waals surface area (Å²) in [5, 5.41) is 53.8. The van der Waals surface area contributed by atoms with Crippen LogP contribution in [0.2, 0.25) is 0 Å². The van der Waals surface area contributed by atoms with E-state index in [1.165, 1.54) is 0 Å². The molecule has 1 aliphatic rings. The molecule has 42 heavy (non-hydrogen) atoms. The minimum Gasteiger partial charge on any atom is -0.548 e. The zero-order valence-corrected chi connectivity index (χ0v) is 26.4. The number of nitrogens with two attached hydrogens (primary N) is 1. The summed E-state index contributed by atoms with van der Waals surface area (Å²) >= 11 is 1.72. The molecule has 0 saturated carbocycles. The number of aliphatic hydroxyl groups is 3. The van der Waals surface area contributed by atoms with Crippen molar-refractivity contribution in [2.45, 2.75) is 37.0 Å². The number of carbonyl (C=O) groups excluding carboxylic acids is 3. The Morgan fingerprint density at radius 1 is 1.33 bits per heavy atom. The van der Waals surface area contributed by atoms with E-state index in [2.05, 4.69) is 25.0 Å². The van der Waals surface area contributed by atoms with E-state index < -0.39 is 65.6 Å². The zero-order valence-electron chi connectivity index (χ0n) is 23.6. The molecule has 3 atom stereocenters. The predicted octanol–water partition coefficient (Wildman–Crippen LogP) is -5.49. The molecule has 0 bridgehead atoms. The van der Waals surface area contributed by atoms with Gasteiger partial charge in [0, 0.05) is 19.3 Å². The minimum atomic E-state index is -1.69. The van der Waals surface area contributed by atoms with Crippen LogP contribution in [0.1, 0.15) is 17.9 Å². The molecular weight excluding hydrogens is 593 g/mol. The topological polar surface area (TPSA) is 263 Å². The largest absolute Gasteiger partial charge is 1.00 e. The molecule has 1 aliphatic heterocycles. The smallest absolute Gasteiger partial charge is 0.548 e. The molecule has 17 nitrogen and oxygen atoms in total. The van der Waals surface area contributed by atoms with Gasteiger partial charge in [-0.3, -0.25) is 14.9 Å². The number of rotatable bonds is 16. The molecule has 0 aliphatic carbocycles. The van der Waals surface area contributed by atoms with Crippen molar-refractivity contribution in [3.8, 4) is 0 Å². The second-order valence-electron chi connectivity index (χ2n) is 8.56. The summed E-state index contributed by atoms with van der Waals surface area (Å²) in [5.41, 5.74) is 5.05. The van der Waals surface area contributed by atoms with Gasteiger partial charge < -0.3 is 60.4 Å². The summed E-state index contributed by atoms with van der Waals surface area (Å²) in [5.74, 6) is -1.95. The van der Waals surface area contributed by atoms with Crippen molar-refractivity contribution in [2.75, 3.05) is 40.0 Å². The van der Waals surface area contributed by atoms with Crippen molar-refractivity contribution in [3.05, 3.63) is 57.3 Å². The number of cyclic esters (lactones) is 1. The van der Waals surface area contributed by atoms with Gasteiger partial charge in [0.15, 0.2) is 11.9 Å². The van der Waals surface area contributed by atoms with Crippen LogP contribution in [0.15, 0.2) is 40.1 Å². The Labute approximate surface area is 267 Å². The molecular formula is C23H34N5NaO12S. The number of thioether (sulfide) groups is 1. The van der Waals surface area contributed by atoms with Gasteiger partial charge in [0.1, 0.15) is 17.6 Å². The van der Waals surface area contributed by atoms with Crippen LogP contribution in [0.25, 0.3) is 0 Å².